The highest BCUT2D eigenvalue weighted by Gasteiger charge is 2.48. The lowest BCUT2D eigenvalue weighted by atomic mass is 9.54. The maximum Gasteiger partial charge on any atom is 0.308 e. The van der Waals surface area contributed by atoms with Crippen LogP contribution in [0, 0.1) is 35.0 Å². The number of ether oxygens (including phenoxy) is 1. The van der Waals surface area contributed by atoms with Gasteiger partial charge in [0.25, 0.3) is 0 Å². The third-order valence-corrected chi connectivity index (χ3v) is 8.17. The van der Waals surface area contributed by atoms with Crippen molar-refractivity contribution in [1.29, 1.82) is 0 Å². The molecule has 0 bridgehead atoms. The molecule has 0 spiro atoms. The van der Waals surface area contributed by atoms with Crippen molar-refractivity contribution in [2.75, 3.05) is 6.61 Å². The van der Waals surface area contributed by atoms with Gasteiger partial charge >= 0.3 is 5.97 Å². The Bertz CT molecular complexity index is 490. The van der Waals surface area contributed by atoms with Gasteiger partial charge in [0, 0.05) is 5.92 Å². The van der Waals surface area contributed by atoms with Gasteiger partial charge in [-0.15, -0.1) is 0 Å². The molecule has 0 aromatic heterocycles. The van der Waals surface area contributed by atoms with Crippen LogP contribution in [-0.4, -0.2) is 18.9 Å². The Morgan fingerprint density at radius 3 is 2.16 bits per heavy atom. The third-order valence-electron chi connectivity index (χ3n) is 8.17. The summed E-state index contributed by atoms with van der Waals surface area (Å²) >= 11 is 0. The molecule has 0 N–H and O–H groups in total. The van der Waals surface area contributed by atoms with Crippen LogP contribution in [0.4, 0.5) is 0 Å². The highest BCUT2D eigenvalue weighted by Crippen LogP contribution is 2.54. The number of hydrogen-bond acceptors (Lipinski definition) is 3. The van der Waals surface area contributed by atoms with Crippen molar-refractivity contribution >= 4 is 12.3 Å². The minimum absolute atomic E-state index is 0.0333. The maximum atomic E-state index is 13.1. The molecule has 0 aromatic rings. The van der Waals surface area contributed by atoms with Crippen molar-refractivity contribution in [1.82, 2.24) is 0 Å². The number of rotatable bonds is 16. The van der Waals surface area contributed by atoms with Crippen molar-refractivity contribution in [2.24, 2.45) is 35.0 Å². The number of carbonyl (C=O) groups is 2. The Balaban J connectivity index is 3.28. The molecule has 1 aliphatic carbocycles. The van der Waals surface area contributed by atoms with E-state index in [1.807, 2.05) is 0 Å². The number of aldehydes is 1. The summed E-state index contributed by atoms with van der Waals surface area (Å²) in [5.41, 5.74) is -0.0629. The fraction of sp³-hybridized carbons (Fsp3) is 0.929. The molecule has 3 nitrogen and oxygen atoms in total. The number of carbonyl (C=O) groups excluding carboxylic acids is 2. The van der Waals surface area contributed by atoms with Crippen LogP contribution in [0.15, 0.2) is 0 Å². The van der Waals surface area contributed by atoms with Crippen molar-refractivity contribution < 1.29 is 14.3 Å². The van der Waals surface area contributed by atoms with Gasteiger partial charge in [-0.2, -0.15) is 0 Å². The first-order valence-electron chi connectivity index (χ1n) is 13.5. The van der Waals surface area contributed by atoms with Crippen molar-refractivity contribution in [2.45, 2.75) is 125 Å². The lowest BCUT2D eigenvalue weighted by molar-refractivity contribution is -0.153. The van der Waals surface area contributed by atoms with Crippen LogP contribution in [0.25, 0.3) is 0 Å². The predicted octanol–water partition coefficient (Wildman–Crippen LogP) is 8.00. The lowest BCUT2D eigenvalue weighted by Crippen LogP contribution is -2.46. The Morgan fingerprint density at radius 2 is 1.68 bits per heavy atom. The molecule has 1 saturated carbocycles. The Hall–Kier alpha value is -0.860. The van der Waals surface area contributed by atoms with Crippen LogP contribution in [0.3, 0.4) is 0 Å². The predicted molar refractivity (Wildman–Crippen MR) is 131 cm³/mol. The molecular formula is C28H52O3. The fourth-order valence-electron chi connectivity index (χ4n) is 6.11. The highest BCUT2D eigenvalue weighted by molar-refractivity contribution is 5.72. The van der Waals surface area contributed by atoms with Crippen LogP contribution >= 0.6 is 0 Å². The molecule has 3 heteroatoms. The van der Waals surface area contributed by atoms with Gasteiger partial charge in [-0.25, -0.2) is 0 Å². The lowest BCUT2D eigenvalue weighted by Gasteiger charge is -2.50. The molecule has 1 fully saturated rings. The smallest absolute Gasteiger partial charge is 0.308 e. The fourth-order valence-corrected chi connectivity index (χ4v) is 6.11. The molecule has 0 radical (unpaired) electrons. The van der Waals surface area contributed by atoms with Crippen molar-refractivity contribution in [3.8, 4) is 0 Å². The number of hydrogen-bond donors (Lipinski definition) is 0. The molecule has 3 atom stereocenters. The molecule has 1 aliphatic rings. The van der Waals surface area contributed by atoms with E-state index in [1.165, 1.54) is 38.4 Å². The van der Waals surface area contributed by atoms with Crippen LogP contribution < -0.4 is 0 Å². The van der Waals surface area contributed by atoms with Crippen LogP contribution in [0.5, 0.6) is 0 Å². The second-order valence-corrected chi connectivity index (χ2v) is 10.6. The summed E-state index contributed by atoms with van der Waals surface area (Å²) < 4.78 is 5.74. The summed E-state index contributed by atoms with van der Waals surface area (Å²) in [6.45, 7) is 13.7. The molecule has 0 heterocycles. The first kappa shape index (κ1) is 28.2. The first-order valence-corrected chi connectivity index (χ1v) is 13.5. The molecule has 0 aromatic carbocycles. The van der Waals surface area contributed by atoms with E-state index < -0.39 is 0 Å². The van der Waals surface area contributed by atoms with E-state index in [-0.39, 0.29) is 23.2 Å². The Kier molecular flexibility index (Phi) is 13.7. The summed E-state index contributed by atoms with van der Waals surface area (Å²) in [5, 5.41) is 0. The normalized spacial score (nSPS) is 19.2. The van der Waals surface area contributed by atoms with Gasteiger partial charge in [0.2, 0.25) is 0 Å². The van der Waals surface area contributed by atoms with Crippen molar-refractivity contribution in [3.63, 3.8) is 0 Å². The topological polar surface area (TPSA) is 43.4 Å². The number of esters is 1. The van der Waals surface area contributed by atoms with E-state index >= 15 is 0 Å². The average molecular weight is 437 g/mol. The van der Waals surface area contributed by atoms with Gasteiger partial charge in [0.05, 0.1) is 12.5 Å². The van der Waals surface area contributed by atoms with E-state index in [9.17, 15) is 9.59 Å². The zero-order valence-electron chi connectivity index (χ0n) is 21.6. The van der Waals surface area contributed by atoms with Gasteiger partial charge in [-0.1, -0.05) is 86.5 Å². The van der Waals surface area contributed by atoms with E-state index in [0.29, 0.717) is 24.4 Å². The molecular weight excluding hydrogens is 384 g/mol. The zero-order valence-corrected chi connectivity index (χ0v) is 21.6. The molecule has 3 unspecified atom stereocenters. The minimum atomic E-state index is -0.0947. The molecule has 0 amide bonds. The zero-order chi connectivity index (χ0) is 23.3. The second kappa shape index (κ2) is 15.1. The number of unbranched alkanes of at least 4 members (excludes halogenated alkanes) is 1. The standard InChI is InChI=1S/C28H52O3/c1-7-11-18-28(25-15-13-12-14-16-25,26(21-29)23(8-2)9-3)20-24(10-4)27(30)31-19-17-22(5)6/h21-26H,7-20H2,1-6H3. The first-order chi connectivity index (χ1) is 14.9. The average Bonchev–Trinajstić information content (AvgIpc) is 2.78. The molecule has 0 saturated heterocycles. The summed E-state index contributed by atoms with van der Waals surface area (Å²) in [7, 11) is 0. The highest BCUT2D eigenvalue weighted by atomic mass is 16.5. The largest absolute Gasteiger partial charge is 0.465 e. The van der Waals surface area contributed by atoms with E-state index in [2.05, 4.69) is 41.5 Å². The maximum absolute atomic E-state index is 13.1. The molecule has 0 aliphatic heterocycles. The molecule has 1 rings (SSSR count). The van der Waals surface area contributed by atoms with E-state index in [4.69, 9.17) is 4.74 Å². The third kappa shape index (κ3) is 8.21. The van der Waals surface area contributed by atoms with Crippen LogP contribution in [0.1, 0.15) is 125 Å². The van der Waals surface area contributed by atoms with Crippen molar-refractivity contribution in [3.05, 3.63) is 0 Å². The summed E-state index contributed by atoms with van der Waals surface area (Å²) in [6.07, 6.45) is 15.5. The summed E-state index contributed by atoms with van der Waals surface area (Å²) in [6, 6.07) is 0. The van der Waals surface area contributed by atoms with Gasteiger partial charge in [0.1, 0.15) is 6.29 Å². The summed E-state index contributed by atoms with van der Waals surface area (Å²) in [4.78, 5) is 25.8. The van der Waals surface area contributed by atoms with Gasteiger partial charge in [-0.3, -0.25) is 4.79 Å². The van der Waals surface area contributed by atoms with Gasteiger partial charge in [0.15, 0.2) is 0 Å². The van der Waals surface area contributed by atoms with E-state index in [1.54, 1.807) is 0 Å². The molecule has 182 valence electrons. The van der Waals surface area contributed by atoms with E-state index in [0.717, 1.165) is 51.4 Å². The Morgan fingerprint density at radius 1 is 1.03 bits per heavy atom. The second-order valence-electron chi connectivity index (χ2n) is 10.6. The summed E-state index contributed by atoms with van der Waals surface area (Å²) in [5.74, 6) is 1.42. The quantitative estimate of drug-likeness (QED) is 0.182. The minimum Gasteiger partial charge on any atom is -0.465 e. The van der Waals surface area contributed by atoms with Gasteiger partial charge in [-0.05, 0) is 61.7 Å². The monoisotopic (exact) mass is 436 g/mol. The van der Waals surface area contributed by atoms with Gasteiger partial charge < -0.3 is 9.53 Å². The van der Waals surface area contributed by atoms with Crippen LogP contribution in [0.2, 0.25) is 0 Å². The SMILES string of the molecule is CCCCC(CC(CC)C(=O)OCCC(C)C)(C1CCCCC1)C(C=O)C(CC)CC. The Labute approximate surface area is 193 Å². The molecule has 31 heavy (non-hydrogen) atoms. The van der Waals surface area contributed by atoms with Crippen LogP contribution in [-0.2, 0) is 14.3 Å².